The van der Waals surface area contributed by atoms with Crippen molar-refractivity contribution in [2.24, 2.45) is 0 Å². The zero-order valence-corrected chi connectivity index (χ0v) is 16.3. The Morgan fingerprint density at radius 1 is 1.19 bits per heavy atom. The molecule has 2 aromatic rings. The molecule has 0 atom stereocenters. The van der Waals surface area contributed by atoms with Gasteiger partial charge >= 0.3 is 0 Å². The van der Waals surface area contributed by atoms with Gasteiger partial charge in [0.15, 0.2) is 0 Å². The Morgan fingerprint density at radius 3 is 2.35 bits per heavy atom. The molecule has 0 bridgehead atoms. The van der Waals surface area contributed by atoms with Gasteiger partial charge in [0.25, 0.3) is 5.91 Å². The van der Waals surface area contributed by atoms with Crippen LogP contribution in [0.1, 0.15) is 21.5 Å². The zero-order valence-electron chi connectivity index (χ0n) is 14.7. The molecule has 0 unspecified atom stereocenters. The Kier molecular flexibility index (Phi) is 6.26. The Labute approximate surface area is 157 Å². The van der Waals surface area contributed by atoms with Gasteiger partial charge in [-0.15, -0.1) is 0 Å². The lowest BCUT2D eigenvalue weighted by atomic mass is 10.1. The highest BCUT2D eigenvalue weighted by Gasteiger charge is 2.22. The van der Waals surface area contributed by atoms with Crippen molar-refractivity contribution in [3.63, 3.8) is 0 Å². The second kappa shape index (κ2) is 8.05. The molecule has 5 nitrogen and oxygen atoms in total. The van der Waals surface area contributed by atoms with Crippen molar-refractivity contribution >= 4 is 33.2 Å². The summed E-state index contributed by atoms with van der Waals surface area (Å²) in [6, 6.07) is 8.63. The molecule has 0 spiro atoms. The number of amides is 1. The molecular weight excluding hydrogens is 379 g/mol. The lowest BCUT2D eigenvalue weighted by Gasteiger charge is -2.25. The number of benzene rings is 2. The fourth-order valence-electron chi connectivity index (χ4n) is 2.64. The van der Waals surface area contributed by atoms with Crippen molar-refractivity contribution in [1.82, 2.24) is 5.32 Å². The standard InChI is InChI=1S/C18H20ClFN2O3S/c1-12-10-13(2)17(16(19)11-12)22(26(3,24)25)9-8-21-18(23)14-4-6-15(20)7-5-14/h4-7,10-11H,8-9H2,1-3H3,(H,21,23). The molecule has 0 aliphatic rings. The number of sulfonamides is 1. The smallest absolute Gasteiger partial charge is 0.251 e. The summed E-state index contributed by atoms with van der Waals surface area (Å²) in [5.74, 6) is -0.848. The molecule has 1 N–H and O–H groups in total. The molecule has 26 heavy (non-hydrogen) atoms. The van der Waals surface area contributed by atoms with Crippen LogP contribution < -0.4 is 9.62 Å². The quantitative estimate of drug-likeness (QED) is 0.811. The van der Waals surface area contributed by atoms with Crippen molar-refractivity contribution in [3.05, 3.63) is 63.9 Å². The lowest BCUT2D eigenvalue weighted by Crippen LogP contribution is -2.38. The second-order valence-corrected chi connectivity index (χ2v) is 8.32. The highest BCUT2D eigenvalue weighted by Crippen LogP contribution is 2.32. The summed E-state index contributed by atoms with van der Waals surface area (Å²) >= 11 is 6.26. The number of hydrogen-bond donors (Lipinski definition) is 1. The third-order valence-corrected chi connectivity index (χ3v) is 5.21. The molecule has 140 valence electrons. The molecular formula is C18H20ClFN2O3S. The average molecular weight is 399 g/mol. The first-order valence-electron chi connectivity index (χ1n) is 7.88. The predicted octanol–water partition coefficient (Wildman–Crippen LogP) is 3.29. The van der Waals surface area contributed by atoms with Crippen molar-refractivity contribution in [2.75, 3.05) is 23.7 Å². The molecule has 0 saturated carbocycles. The molecule has 0 aliphatic heterocycles. The van der Waals surface area contributed by atoms with E-state index in [1.165, 1.54) is 28.6 Å². The molecule has 0 aliphatic carbocycles. The van der Waals surface area contributed by atoms with Crippen molar-refractivity contribution in [2.45, 2.75) is 13.8 Å². The number of rotatable bonds is 6. The summed E-state index contributed by atoms with van der Waals surface area (Å²) in [7, 11) is -3.60. The summed E-state index contributed by atoms with van der Waals surface area (Å²) in [6.45, 7) is 3.75. The molecule has 2 aromatic carbocycles. The first kappa shape index (κ1) is 20.2. The van der Waals surface area contributed by atoms with Gasteiger partial charge in [0.1, 0.15) is 5.82 Å². The van der Waals surface area contributed by atoms with E-state index < -0.39 is 21.7 Å². The van der Waals surface area contributed by atoms with Gasteiger partial charge in [-0.05, 0) is 55.3 Å². The molecule has 1 amide bonds. The van der Waals surface area contributed by atoms with Crippen LogP contribution in [0.25, 0.3) is 0 Å². The number of aryl methyl sites for hydroxylation is 2. The maximum atomic E-state index is 12.9. The molecule has 0 heterocycles. The Morgan fingerprint density at radius 2 is 1.81 bits per heavy atom. The summed E-state index contributed by atoms with van der Waals surface area (Å²) in [5.41, 5.74) is 2.34. The van der Waals surface area contributed by atoms with E-state index >= 15 is 0 Å². The maximum absolute atomic E-state index is 12.9. The summed E-state index contributed by atoms with van der Waals surface area (Å²) in [4.78, 5) is 12.1. The van der Waals surface area contributed by atoms with Crippen LogP contribution in [-0.4, -0.2) is 33.7 Å². The average Bonchev–Trinajstić information content (AvgIpc) is 2.52. The topological polar surface area (TPSA) is 66.5 Å². The van der Waals surface area contributed by atoms with Crippen LogP contribution in [0.4, 0.5) is 10.1 Å². The Hall–Kier alpha value is -2.12. The van der Waals surface area contributed by atoms with Crippen molar-refractivity contribution < 1.29 is 17.6 Å². The van der Waals surface area contributed by atoms with Crippen LogP contribution in [0, 0.1) is 19.7 Å². The SMILES string of the molecule is Cc1cc(C)c(N(CCNC(=O)c2ccc(F)cc2)S(C)(=O)=O)c(Cl)c1. The van der Waals surface area contributed by atoms with Gasteiger partial charge in [-0.3, -0.25) is 9.10 Å². The number of nitrogens with one attached hydrogen (secondary N) is 1. The van der Waals surface area contributed by atoms with Gasteiger partial charge in [-0.25, -0.2) is 12.8 Å². The van der Waals surface area contributed by atoms with E-state index in [1.807, 2.05) is 13.0 Å². The number of nitrogens with zero attached hydrogens (tertiary/aromatic N) is 1. The maximum Gasteiger partial charge on any atom is 0.251 e. The normalized spacial score (nSPS) is 11.3. The van der Waals surface area contributed by atoms with Crippen LogP contribution in [0.2, 0.25) is 5.02 Å². The van der Waals surface area contributed by atoms with Gasteiger partial charge in [-0.2, -0.15) is 0 Å². The summed E-state index contributed by atoms with van der Waals surface area (Å²) < 4.78 is 38.5. The van der Waals surface area contributed by atoms with Crippen LogP contribution in [-0.2, 0) is 10.0 Å². The first-order chi connectivity index (χ1) is 12.1. The fourth-order valence-corrected chi connectivity index (χ4v) is 4.11. The minimum absolute atomic E-state index is 0.0232. The Balaban J connectivity index is 2.15. The number of halogens is 2. The van der Waals surface area contributed by atoms with E-state index in [2.05, 4.69) is 5.32 Å². The predicted molar refractivity (Wildman–Crippen MR) is 102 cm³/mol. The largest absolute Gasteiger partial charge is 0.350 e. The highest BCUT2D eigenvalue weighted by atomic mass is 35.5. The number of carbonyl (C=O) groups is 1. The fraction of sp³-hybridized carbons (Fsp3) is 0.278. The molecule has 0 radical (unpaired) electrons. The van der Waals surface area contributed by atoms with Gasteiger partial charge in [0, 0.05) is 12.1 Å². The minimum atomic E-state index is -3.60. The van der Waals surface area contributed by atoms with E-state index in [-0.39, 0.29) is 13.1 Å². The molecule has 0 fully saturated rings. The van der Waals surface area contributed by atoms with Crippen LogP contribution in [0.15, 0.2) is 36.4 Å². The molecule has 0 saturated heterocycles. The summed E-state index contributed by atoms with van der Waals surface area (Å²) in [5, 5.41) is 2.96. The molecule has 8 heteroatoms. The van der Waals surface area contributed by atoms with Gasteiger partial charge in [0.2, 0.25) is 10.0 Å². The Bertz CT molecular complexity index is 892. The van der Waals surface area contributed by atoms with Gasteiger partial charge in [0.05, 0.1) is 23.5 Å². The molecule has 0 aromatic heterocycles. The van der Waals surface area contributed by atoms with E-state index in [4.69, 9.17) is 11.6 Å². The van der Waals surface area contributed by atoms with Gasteiger partial charge in [-0.1, -0.05) is 17.7 Å². The summed E-state index contributed by atoms with van der Waals surface area (Å²) in [6.07, 6.45) is 1.09. The minimum Gasteiger partial charge on any atom is -0.350 e. The van der Waals surface area contributed by atoms with E-state index in [1.54, 1.807) is 13.0 Å². The van der Waals surface area contributed by atoms with E-state index in [0.717, 1.165) is 17.4 Å². The second-order valence-electron chi connectivity index (χ2n) is 6.01. The monoisotopic (exact) mass is 398 g/mol. The lowest BCUT2D eigenvalue weighted by molar-refractivity contribution is 0.0955. The van der Waals surface area contributed by atoms with Crippen LogP contribution in [0.3, 0.4) is 0 Å². The van der Waals surface area contributed by atoms with Crippen LogP contribution in [0.5, 0.6) is 0 Å². The zero-order chi connectivity index (χ0) is 19.5. The number of anilines is 1. The van der Waals surface area contributed by atoms with E-state index in [9.17, 15) is 17.6 Å². The highest BCUT2D eigenvalue weighted by molar-refractivity contribution is 7.92. The third-order valence-electron chi connectivity index (χ3n) is 3.75. The van der Waals surface area contributed by atoms with Crippen LogP contribution >= 0.6 is 11.6 Å². The third kappa shape index (κ3) is 4.95. The number of hydrogen-bond acceptors (Lipinski definition) is 3. The van der Waals surface area contributed by atoms with Crippen molar-refractivity contribution in [1.29, 1.82) is 0 Å². The first-order valence-corrected chi connectivity index (χ1v) is 10.1. The van der Waals surface area contributed by atoms with Crippen molar-refractivity contribution in [3.8, 4) is 0 Å². The van der Waals surface area contributed by atoms with Gasteiger partial charge < -0.3 is 5.32 Å². The van der Waals surface area contributed by atoms with E-state index in [0.29, 0.717) is 16.3 Å². The number of carbonyl (C=O) groups excluding carboxylic acids is 1. The molecule has 2 rings (SSSR count).